The van der Waals surface area contributed by atoms with E-state index in [2.05, 4.69) is 9.56 Å². The number of nitrogens with zero attached hydrogens (tertiary/aromatic N) is 1. The molecule has 0 aliphatic carbocycles. The van der Waals surface area contributed by atoms with Crippen LogP contribution in [0.4, 0.5) is 4.39 Å². The minimum absolute atomic E-state index is 0.0285. The number of aliphatic hydroxyl groups is 1. The van der Waals surface area contributed by atoms with E-state index in [1.807, 2.05) is 21.1 Å². The minimum atomic E-state index is -4.69. The van der Waals surface area contributed by atoms with E-state index in [0.717, 1.165) is 0 Å². The van der Waals surface area contributed by atoms with Crippen LogP contribution >= 0.6 is 7.60 Å². The Morgan fingerprint density at radius 3 is 2.36 bits per heavy atom. The van der Waals surface area contributed by atoms with Gasteiger partial charge in [0, 0.05) is 0 Å². The molecule has 2 unspecified atom stereocenters. The van der Waals surface area contributed by atoms with Crippen molar-refractivity contribution in [3.63, 3.8) is 0 Å². The quantitative estimate of drug-likeness (QED) is 0.223. The molecule has 2 N–H and O–H groups in total. The lowest BCUT2D eigenvalue weighted by atomic mass is 10.5. The van der Waals surface area contributed by atoms with Crippen LogP contribution in [0, 0.1) is 0 Å². The van der Waals surface area contributed by atoms with Crippen molar-refractivity contribution < 1.29 is 33.0 Å². The summed E-state index contributed by atoms with van der Waals surface area (Å²) < 4.78 is 27.0. The van der Waals surface area contributed by atoms with Gasteiger partial charge in [0.1, 0.15) is 13.2 Å². The molecule has 0 amide bonds. The average molecular weight is 232 g/mol. The summed E-state index contributed by atoms with van der Waals surface area (Å²) in [7, 11) is 0.956. The third-order valence-corrected chi connectivity index (χ3v) is 2.13. The topological polar surface area (TPSA) is 76.0 Å². The smallest absolute Gasteiger partial charge is 0.355 e. The van der Waals surface area contributed by atoms with Gasteiger partial charge in [0.25, 0.3) is 0 Å². The van der Waals surface area contributed by atoms with Gasteiger partial charge in [-0.1, -0.05) is 0 Å². The molecule has 0 bridgehead atoms. The first kappa shape index (κ1) is 14.0. The number of halogens is 1. The zero-order chi connectivity index (χ0) is 11.4. The molecule has 0 aromatic rings. The first-order chi connectivity index (χ1) is 6.15. The van der Waals surface area contributed by atoms with Crippen LogP contribution in [-0.4, -0.2) is 54.9 Å². The van der Waals surface area contributed by atoms with Crippen molar-refractivity contribution in [2.75, 3.05) is 34.3 Å². The first-order valence-electron chi connectivity index (χ1n) is 3.91. The SMILES string of the molecule is C[N+](C)(C)CCOOP(=O)(O)C(O)F. The molecule has 0 aromatic carbocycles. The van der Waals surface area contributed by atoms with Crippen molar-refractivity contribution in [3.8, 4) is 0 Å². The van der Waals surface area contributed by atoms with Crippen LogP contribution in [0.3, 0.4) is 0 Å². The van der Waals surface area contributed by atoms with Gasteiger partial charge in [-0.15, -0.1) is 4.67 Å². The second-order valence-electron chi connectivity index (χ2n) is 3.79. The molecule has 0 aromatic heterocycles. The third-order valence-electron chi connectivity index (χ3n) is 1.27. The van der Waals surface area contributed by atoms with Crippen LogP contribution in [0.15, 0.2) is 0 Å². The Morgan fingerprint density at radius 2 is 2.00 bits per heavy atom. The van der Waals surface area contributed by atoms with Gasteiger partial charge >= 0.3 is 13.7 Å². The molecule has 0 rings (SSSR count). The number of likely N-dealkylation sites (N-methyl/N-ethyl adjacent to an activating group) is 1. The highest BCUT2D eigenvalue weighted by Crippen LogP contribution is 2.46. The summed E-state index contributed by atoms with van der Waals surface area (Å²) in [5, 5.41) is 8.15. The summed E-state index contributed by atoms with van der Waals surface area (Å²) in [6.07, 6.45) is -2.94. The van der Waals surface area contributed by atoms with Crippen molar-refractivity contribution in [1.29, 1.82) is 0 Å². The van der Waals surface area contributed by atoms with E-state index in [4.69, 9.17) is 10.00 Å². The predicted octanol–water partition coefficient (Wildman–Crippen LogP) is 0.0716. The van der Waals surface area contributed by atoms with Crippen molar-refractivity contribution in [2.45, 2.75) is 6.10 Å². The molecule has 6 nitrogen and oxygen atoms in total. The summed E-state index contributed by atoms with van der Waals surface area (Å²) in [5.74, 6) is 0. The van der Waals surface area contributed by atoms with Crippen molar-refractivity contribution >= 4 is 7.60 Å². The van der Waals surface area contributed by atoms with Gasteiger partial charge < -0.3 is 14.5 Å². The molecule has 0 aliphatic heterocycles. The highest BCUT2D eigenvalue weighted by atomic mass is 31.2. The molecule has 0 heterocycles. The van der Waals surface area contributed by atoms with Gasteiger partial charge in [0.2, 0.25) is 0 Å². The highest BCUT2D eigenvalue weighted by Gasteiger charge is 2.32. The maximum Gasteiger partial charge on any atom is 0.415 e. The lowest BCUT2D eigenvalue weighted by molar-refractivity contribution is -0.871. The molecule has 0 spiro atoms. The molecule has 86 valence electrons. The van der Waals surface area contributed by atoms with E-state index in [1.54, 1.807) is 0 Å². The fraction of sp³-hybridized carbons (Fsp3) is 1.00. The van der Waals surface area contributed by atoms with Gasteiger partial charge in [-0.3, -0.25) is 4.57 Å². The lowest BCUT2D eigenvalue weighted by Crippen LogP contribution is -2.37. The Morgan fingerprint density at radius 1 is 1.50 bits per heavy atom. The molecule has 8 heteroatoms. The molecule has 0 radical (unpaired) electrons. The largest absolute Gasteiger partial charge is 0.415 e. The molecule has 2 atom stereocenters. The second kappa shape index (κ2) is 5.16. The van der Waals surface area contributed by atoms with E-state index in [-0.39, 0.29) is 6.61 Å². The van der Waals surface area contributed by atoms with Crippen LogP contribution in [0.2, 0.25) is 0 Å². The number of quaternary nitrogens is 1. The summed E-state index contributed by atoms with van der Waals surface area (Å²) in [6, 6.07) is 0. The molecule has 0 fully saturated rings. The summed E-state index contributed by atoms with van der Waals surface area (Å²) in [5.41, 5.74) is 0. The highest BCUT2D eigenvalue weighted by molar-refractivity contribution is 7.52. The molecular weight excluding hydrogens is 216 g/mol. The van der Waals surface area contributed by atoms with Crippen LogP contribution in [0.25, 0.3) is 0 Å². The number of rotatable bonds is 6. The van der Waals surface area contributed by atoms with Gasteiger partial charge in [-0.25, -0.2) is 9.28 Å². The Bertz CT molecular complexity index is 217. The van der Waals surface area contributed by atoms with Crippen LogP contribution < -0.4 is 0 Å². The minimum Gasteiger partial charge on any atom is -0.355 e. The fourth-order valence-corrected chi connectivity index (χ4v) is 0.756. The third kappa shape index (κ3) is 6.42. The van der Waals surface area contributed by atoms with Crippen molar-refractivity contribution in [2.24, 2.45) is 0 Å². The average Bonchev–Trinajstić information content (AvgIpc) is 1.96. The van der Waals surface area contributed by atoms with Gasteiger partial charge in [-0.05, 0) is 0 Å². The number of hydrogen-bond acceptors (Lipinski definition) is 4. The Kier molecular flexibility index (Phi) is 5.14. The zero-order valence-corrected chi connectivity index (χ0v) is 9.28. The number of alkyl halides is 1. The zero-order valence-electron chi connectivity index (χ0n) is 8.38. The fourth-order valence-electron chi connectivity index (χ4n) is 0.459. The van der Waals surface area contributed by atoms with Crippen LogP contribution in [0.5, 0.6) is 0 Å². The Hall–Kier alpha value is -0.0400. The molecule has 0 aliphatic rings. The molecule has 0 saturated carbocycles. The maximum absolute atomic E-state index is 12.0. The maximum atomic E-state index is 12.0. The van der Waals surface area contributed by atoms with Gasteiger partial charge in [-0.2, -0.15) is 0 Å². The summed E-state index contributed by atoms with van der Waals surface area (Å²) >= 11 is 0. The number of hydrogen-bond donors (Lipinski definition) is 2. The van der Waals surface area contributed by atoms with E-state index >= 15 is 0 Å². The summed E-state index contributed by atoms with van der Waals surface area (Å²) in [4.78, 5) is 12.9. The standard InChI is InChI=1S/C6H15FNO5P/c1-8(2,3)4-5-12-13-14(10,11)6(7)9/h6,9H,4-5H2,1-3H3/p+1. The van der Waals surface area contributed by atoms with Gasteiger partial charge in [0.15, 0.2) is 0 Å². The number of aliphatic hydroxyl groups excluding tert-OH is 1. The van der Waals surface area contributed by atoms with E-state index in [1.165, 1.54) is 0 Å². The van der Waals surface area contributed by atoms with Crippen LogP contribution in [-0.2, 0) is 14.1 Å². The molecular formula is C6H16FNO5P+. The van der Waals surface area contributed by atoms with Crippen LogP contribution in [0.1, 0.15) is 0 Å². The normalized spacial score (nSPS) is 19.0. The van der Waals surface area contributed by atoms with E-state index in [9.17, 15) is 8.96 Å². The van der Waals surface area contributed by atoms with Gasteiger partial charge in [0.05, 0.1) is 21.1 Å². The van der Waals surface area contributed by atoms with Crippen molar-refractivity contribution in [1.82, 2.24) is 0 Å². The monoisotopic (exact) mass is 232 g/mol. The molecule has 0 saturated heterocycles. The second-order valence-corrected chi connectivity index (χ2v) is 5.49. The van der Waals surface area contributed by atoms with Crippen molar-refractivity contribution in [3.05, 3.63) is 0 Å². The first-order valence-corrected chi connectivity index (χ1v) is 5.56. The Balaban J connectivity index is 3.71. The van der Waals surface area contributed by atoms with E-state index < -0.39 is 13.7 Å². The lowest BCUT2D eigenvalue weighted by Gasteiger charge is -2.23. The Labute approximate surface area is 81.9 Å². The van der Waals surface area contributed by atoms with E-state index in [0.29, 0.717) is 11.0 Å². The predicted molar refractivity (Wildman–Crippen MR) is 46.9 cm³/mol. The molecule has 14 heavy (non-hydrogen) atoms. The summed E-state index contributed by atoms with van der Waals surface area (Å²) in [6.45, 7) is 0.545.